The van der Waals surface area contributed by atoms with E-state index in [2.05, 4.69) is 4.99 Å². The third-order valence-corrected chi connectivity index (χ3v) is 4.84. The normalized spacial score (nSPS) is 15.0. The van der Waals surface area contributed by atoms with Gasteiger partial charge in [0.2, 0.25) is 0 Å². The number of benzene rings is 2. The van der Waals surface area contributed by atoms with Crippen molar-refractivity contribution in [1.29, 1.82) is 0 Å². The Morgan fingerprint density at radius 3 is 2.68 bits per heavy atom. The minimum absolute atomic E-state index is 0.00315. The van der Waals surface area contributed by atoms with E-state index in [0.717, 1.165) is 0 Å². The van der Waals surface area contributed by atoms with Crippen molar-refractivity contribution in [2.45, 2.75) is 6.92 Å². The second-order valence-corrected chi connectivity index (χ2v) is 7.01. The van der Waals surface area contributed by atoms with Gasteiger partial charge in [-0.3, -0.25) is 4.79 Å². The lowest BCUT2D eigenvalue weighted by Gasteiger charge is -2.30. The van der Waals surface area contributed by atoms with E-state index in [9.17, 15) is 13.6 Å². The number of nitrogens with zero attached hydrogens (tertiary/aromatic N) is 3. The molecule has 0 unspecified atom stereocenters. The molecule has 1 fully saturated rings. The lowest BCUT2D eigenvalue weighted by Crippen LogP contribution is -2.37. The SMILES string of the molecule is C/C(=C/C=O)N=C(COc1cccc(F)c1)N(C)c1ccc(N2CCOCC2)c(F)c1. The largest absolute Gasteiger partial charge is 0.486 e. The number of carbonyl (C=O) groups excluding carboxylic acids is 1. The van der Waals surface area contributed by atoms with Crippen LogP contribution in [0.4, 0.5) is 20.2 Å². The van der Waals surface area contributed by atoms with Crippen LogP contribution in [0.3, 0.4) is 0 Å². The first-order chi connectivity index (χ1) is 15.0. The van der Waals surface area contributed by atoms with Gasteiger partial charge in [0.05, 0.1) is 18.9 Å². The van der Waals surface area contributed by atoms with Crippen LogP contribution in [0.5, 0.6) is 5.75 Å². The topological polar surface area (TPSA) is 54.4 Å². The fourth-order valence-corrected chi connectivity index (χ4v) is 3.16. The smallest absolute Gasteiger partial charge is 0.148 e. The minimum atomic E-state index is -0.415. The summed E-state index contributed by atoms with van der Waals surface area (Å²) in [6.07, 6.45) is 1.96. The van der Waals surface area contributed by atoms with Crippen molar-refractivity contribution in [3.63, 3.8) is 0 Å². The summed E-state index contributed by atoms with van der Waals surface area (Å²) in [6.45, 7) is 4.07. The molecule has 0 aromatic heterocycles. The van der Waals surface area contributed by atoms with Crippen molar-refractivity contribution in [1.82, 2.24) is 0 Å². The highest BCUT2D eigenvalue weighted by Crippen LogP contribution is 2.26. The zero-order chi connectivity index (χ0) is 22.2. The van der Waals surface area contributed by atoms with Gasteiger partial charge in [0.15, 0.2) is 0 Å². The van der Waals surface area contributed by atoms with Crippen LogP contribution in [0.1, 0.15) is 6.92 Å². The van der Waals surface area contributed by atoms with Crippen LogP contribution in [-0.4, -0.2) is 52.1 Å². The molecule has 0 atom stereocenters. The van der Waals surface area contributed by atoms with Crippen molar-refractivity contribution in [3.8, 4) is 5.75 Å². The number of halogens is 2. The maximum Gasteiger partial charge on any atom is 0.148 e. The predicted molar refractivity (Wildman–Crippen MR) is 117 cm³/mol. The predicted octanol–water partition coefficient (Wildman–Crippen LogP) is 3.82. The number of likely N-dealkylation sites (N-methyl/N-ethyl adjacent to an activating group) is 1. The molecule has 3 rings (SSSR count). The Morgan fingerprint density at radius 1 is 1.23 bits per heavy atom. The molecule has 1 aliphatic rings. The summed E-state index contributed by atoms with van der Waals surface area (Å²) in [4.78, 5) is 18.8. The monoisotopic (exact) mass is 429 g/mol. The molecule has 2 aromatic carbocycles. The highest BCUT2D eigenvalue weighted by molar-refractivity contribution is 5.99. The number of hydrogen-bond acceptors (Lipinski definition) is 5. The first-order valence-electron chi connectivity index (χ1n) is 9.92. The molecule has 0 amide bonds. The van der Waals surface area contributed by atoms with Gasteiger partial charge in [-0.2, -0.15) is 0 Å². The Labute approximate surface area is 180 Å². The molecule has 0 aliphatic carbocycles. The summed E-state index contributed by atoms with van der Waals surface area (Å²) < 4.78 is 39.3. The third kappa shape index (κ3) is 6.11. The molecule has 164 valence electrons. The van der Waals surface area contributed by atoms with Crippen LogP contribution in [0.2, 0.25) is 0 Å². The second-order valence-electron chi connectivity index (χ2n) is 7.01. The van der Waals surface area contributed by atoms with Crippen molar-refractivity contribution < 1.29 is 23.0 Å². The third-order valence-electron chi connectivity index (χ3n) is 4.84. The maximum atomic E-state index is 14.9. The standard InChI is InChI=1S/C23H25F2N3O3/c1-17(8-11-29)26-23(16-31-20-5-3-4-18(24)14-20)27(2)19-6-7-22(21(25)15-19)28-9-12-30-13-10-28/h3-8,11,14-15H,9-10,12-13,16H2,1-2H3/b17-8-,26-23?. The van der Waals surface area contributed by atoms with E-state index >= 15 is 0 Å². The molecule has 2 aromatic rings. The molecule has 1 saturated heterocycles. The zero-order valence-electron chi connectivity index (χ0n) is 17.6. The number of allylic oxidation sites excluding steroid dienone is 2. The van der Waals surface area contributed by atoms with Gasteiger partial charge in [0.1, 0.15) is 36.1 Å². The Balaban J connectivity index is 1.83. The summed E-state index contributed by atoms with van der Waals surface area (Å²) in [7, 11) is 1.73. The number of aldehydes is 1. The second kappa shape index (κ2) is 10.7. The van der Waals surface area contributed by atoms with Crippen LogP contribution in [0, 0.1) is 11.6 Å². The van der Waals surface area contributed by atoms with E-state index in [0.29, 0.717) is 61.2 Å². The van der Waals surface area contributed by atoms with Gasteiger partial charge >= 0.3 is 0 Å². The molecule has 0 saturated carbocycles. The van der Waals surface area contributed by atoms with Gasteiger partial charge in [0.25, 0.3) is 0 Å². The first-order valence-corrected chi connectivity index (χ1v) is 9.92. The van der Waals surface area contributed by atoms with Gasteiger partial charge < -0.3 is 19.3 Å². The molecular weight excluding hydrogens is 404 g/mol. The molecule has 0 N–H and O–H groups in total. The van der Waals surface area contributed by atoms with E-state index < -0.39 is 5.82 Å². The number of hydrogen-bond donors (Lipinski definition) is 0. The van der Waals surface area contributed by atoms with Crippen LogP contribution in [-0.2, 0) is 9.53 Å². The van der Waals surface area contributed by atoms with Crippen LogP contribution < -0.4 is 14.5 Å². The number of carbonyl (C=O) groups is 1. The number of amidine groups is 1. The fourth-order valence-electron chi connectivity index (χ4n) is 3.16. The Hall–Kier alpha value is -3.26. The molecule has 31 heavy (non-hydrogen) atoms. The summed E-state index contributed by atoms with van der Waals surface area (Å²) >= 11 is 0. The summed E-state index contributed by atoms with van der Waals surface area (Å²) in [5, 5.41) is 0. The molecule has 0 spiro atoms. The van der Waals surface area contributed by atoms with E-state index in [1.165, 1.54) is 24.3 Å². The molecule has 6 nitrogen and oxygen atoms in total. The van der Waals surface area contributed by atoms with E-state index in [-0.39, 0.29) is 12.4 Å². The number of rotatable bonds is 7. The fraction of sp³-hybridized carbons (Fsp3) is 0.304. The van der Waals surface area contributed by atoms with E-state index in [4.69, 9.17) is 9.47 Å². The highest BCUT2D eigenvalue weighted by atomic mass is 19.1. The van der Waals surface area contributed by atoms with Crippen molar-refractivity contribution in [3.05, 3.63) is 65.9 Å². The zero-order valence-corrected chi connectivity index (χ0v) is 17.6. The summed E-state index contributed by atoms with van der Waals surface area (Å²) in [5.74, 6) is 0.00398. The number of aliphatic imine (C=N–C) groups is 1. The van der Waals surface area contributed by atoms with E-state index in [1.807, 2.05) is 4.90 Å². The minimum Gasteiger partial charge on any atom is -0.486 e. The van der Waals surface area contributed by atoms with Gasteiger partial charge in [-0.1, -0.05) is 6.07 Å². The van der Waals surface area contributed by atoms with Crippen molar-refractivity contribution in [2.24, 2.45) is 4.99 Å². The van der Waals surface area contributed by atoms with Gasteiger partial charge in [0, 0.05) is 37.6 Å². The lowest BCUT2D eigenvalue weighted by molar-refractivity contribution is -0.104. The average Bonchev–Trinajstić information content (AvgIpc) is 2.77. The Kier molecular flexibility index (Phi) is 7.72. The van der Waals surface area contributed by atoms with Gasteiger partial charge in [-0.25, -0.2) is 13.8 Å². The van der Waals surface area contributed by atoms with Crippen LogP contribution in [0.25, 0.3) is 0 Å². The quantitative estimate of drug-likeness (QED) is 0.290. The summed E-state index contributed by atoms with van der Waals surface area (Å²) in [5.41, 5.74) is 1.55. The molecular formula is C23H25F2N3O3. The number of anilines is 2. The van der Waals surface area contributed by atoms with Gasteiger partial charge in [-0.15, -0.1) is 0 Å². The molecule has 8 heteroatoms. The first kappa shape index (κ1) is 22.4. The number of ether oxygens (including phenoxy) is 2. The van der Waals surface area contributed by atoms with Crippen LogP contribution >= 0.6 is 0 Å². The molecule has 0 bridgehead atoms. The molecule has 1 heterocycles. The number of morpholine rings is 1. The van der Waals surface area contributed by atoms with Crippen molar-refractivity contribution >= 4 is 23.5 Å². The highest BCUT2D eigenvalue weighted by Gasteiger charge is 2.18. The van der Waals surface area contributed by atoms with Crippen LogP contribution in [0.15, 0.2) is 59.2 Å². The van der Waals surface area contributed by atoms with Gasteiger partial charge in [-0.05, 0) is 43.3 Å². The Morgan fingerprint density at radius 2 is 2.00 bits per heavy atom. The average molecular weight is 429 g/mol. The summed E-state index contributed by atoms with van der Waals surface area (Å²) in [6, 6.07) is 10.7. The molecule has 0 radical (unpaired) electrons. The lowest BCUT2D eigenvalue weighted by atomic mass is 10.2. The maximum absolute atomic E-state index is 14.9. The van der Waals surface area contributed by atoms with Crippen molar-refractivity contribution in [2.75, 3.05) is 49.8 Å². The van der Waals surface area contributed by atoms with E-state index in [1.54, 1.807) is 43.1 Å². The Bertz CT molecular complexity index is 972. The molecule has 1 aliphatic heterocycles.